The molecule has 7 nitrogen and oxygen atoms in total. The van der Waals surface area contributed by atoms with Gasteiger partial charge in [0.05, 0.1) is 27.9 Å². The van der Waals surface area contributed by atoms with Gasteiger partial charge in [-0.3, -0.25) is 4.79 Å². The van der Waals surface area contributed by atoms with E-state index in [1.165, 1.54) is 11.6 Å². The van der Waals surface area contributed by atoms with Gasteiger partial charge in [-0.2, -0.15) is 0 Å². The Morgan fingerprint density at radius 2 is 1.86 bits per heavy atom. The number of amides is 1. The van der Waals surface area contributed by atoms with Crippen molar-refractivity contribution in [2.45, 2.75) is 39.7 Å². The smallest absolute Gasteiger partial charge is 0.266 e. The van der Waals surface area contributed by atoms with Crippen LogP contribution in [0.25, 0.3) is 11.0 Å². The van der Waals surface area contributed by atoms with Crippen LogP contribution in [0.1, 0.15) is 57.7 Å². The molecule has 2 N–H and O–H groups in total. The van der Waals surface area contributed by atoms with Gasteiger partial charge in [0.15, 0.2) is 0 Å². The minimum Gasteiger partial charge on any atom is -0.489 e. The van der Waals surface area contributed by atoms with E-state index in [4.69, 9.17) is 21.3 Å². The van der Waals surface area contributed by atoms with Crippen molar-refractivity contribution in [3.8, 4) is 5.75 Å². The molecule has 36 heavy (non-hydrogen) atoms. The average Bonchev–Trinajstić information content (AvgIpc) is 3.22. The number of H-pyrrole nitrogens is 1. The van der Waals surface area contributed by atoms with E-state index in [1.807, 2.05) is 29.0 Å². The molecule has 9 heteroatoms. The predicted molar refractivity (Wildman–Crippen MR) is 142 cm³/mol. The lowest BCUT2D eigenvalue weighted by Gasteiger charge is -2.14. The highest BCUT2D eigenvalue weighted by Gasteiger charge is 2.19. The van der Waals surface area contributed by atoms with Crippen molar-refractivity contribution in [3.05, 3.63) is 93.3 Å². The van der Waals surface area contributed by atoms with Crippen LogP contribution in [0.5, 0.6) is 5.75 Å². The molecule has 4 aromatic rings. The number of sulfonamides is 1. The SMILES string of the molecule is CCC(c1ccc(OCc2cccc(C(=O)NS(C)(=O)=O)c2Cl)cc1)c1nc2c(C)cc(C)cc2[nH]1. The maximum Gasteiger partial charge on any atom is 0.266 e. The summed E-state index contributed by atoms with van der Waals surface area (Å²) in [5.41, 5.74) is 6.16. The molecule has 0 spiro atoms. The third-order valence-electron chi connectivity index (χ3n) is 5.96. The monoisotopic (exact) mass is 525 g/mol. The molecule has 1 amide bonds. The van der Waals surface area contributed by atoms with Crippen LogP contribution < -0.4 is 9.46 Å². The maximum absolute atomic E-state index is 12.2. The lowest BCUT2D eigenvalue weighted by molar-refractivity contribution is 0.0981. The minimum atomic E-state index is -3.70. The molecule has 0 radical (unpaired) electrons. The van der Waals surface area contributed by atoms with Crippen LogP contribution in [0.3, 0.4) is 0 Å². The summed E-state index contributed by atoms with van der Waals surface area (Å²) in [7, 11) is -3.70. The van der Waals surface area contributed by atoms with Crippen molar-refractivity contribution >= 4 is 38.6 Å². The number of benzene rings is 3. The molecular weight excluding hydrogens is 498 g/mol. The molecule has 1 unspecified atom stereocenters. The molecule has 0 bridgehead atoms. The summed E-state index contributed by atoms with van der Waals surface area (Å²) in [4.78, 5) is 20.6. The fraction of sp³-hybridized carbons (Fsp3) is 0.259. The maximum atomic E-state index is 12.2. The van der Waals surface area contributed by atoms with E-state index in [2.05, 4.69) is 37.9 Å². The molecule has 3 aromatic carbocycles. The van der Waals surface area contributed by atoms with E-state index in [0.717, 1.165) is 40.7 Å². The van der Waals surface area contributed by atoms with Crippen LogP contribution in [0.15, 0.2) is 54.6 Å². The quantitative estimate of drug-likeness (QED) is 0.310. The molecule has 1 heterocycles. The van der Waals surface area contributed by atoms with Gasteiger partial charge in [-0.1, -0.05) is 48.9 Å². The Kier molecular flexibility index (Phi) is 7.38. The van der Waals surface area contributed by atoms with Crippen molar-refractivity contribution < 1.29 is 17.9 Å². The highest BCUT2D eigenvalue weighted by molar-refractivity contribution is 7.89. The summed E-state index contributed by atoms with van der Waals surface area (Å²) in [6.07, 6.45) is 1.80. The zero-order valence-electron chi connectivity index (χ0n) is 20.6. The van der Waals surface area contributed by atoms with Gasteiger partial charge in [0.1, 0.15) is 18.2 Å². The second-order valence-corrected chi connectivity index (χ2v) is 11.0. The lowest BCUT2D eigenvalue weighted by atomic mass is 9.96. The number of nitrogens with zero attached hydrogens (tertiary/aromatic N) is 1. The Bertz CT molecular complexity index is 1530. The molecule has 188 valence electrons. The second kappa shape index (κ2) is 10.3. The predicted octanol–water partition coefficient (Wildman–Crippen LogP) is 5.64. The minimum absolute atomic E-state index is 0.0700. The van der Waals surface area contributed by atoms with E-state index in [0.29, 0.717) is 11.3 Å². The van der Waals surface area contributed by atoms with Crippen molar-refractivity contribution in [3.63, 3.8) is 0 Å². The summed E-state index contributed by atoms with van der Waals surface area (Å²) in [5, 5.41) is 0.150. The Labute approximate surface area is 215 Å². The second-order valence-electron chi connectivity index (χ2n) is 8.90. The summed E-state index contributed by atoms with van der Waals surface area (Å²) in [6, 6.07) is 16.9. The molecule has 0 fully saturated rings. The van der Waals surface area contributed by atoms with Crippen molar-refractivity contribution in [1.82, 2.24) is 14.7 Å². The molecule has 0 aliphatic heterocycles. The first-order valence-electron chi connectivity index (χ1n) is 11.5. The molecule has 0 aliphatic carbocycles. The van der Waals surface area contributed by atoms with Gasteiger partial charge in [-0.25, -0.2) is 18.1 Å². The number of nitrogens with one attached hydrogen (secondary N) is 2. The van der Waals surface area contributed by atoms with Crippen LogP contribution in [-0.4, -0.2) is 30.5 Å². The van der Waals surface area contributed by atoms with Gasteiger partial charge in [0, 0.05) is 11.5 Å². The first-order valence-corrected chi connectivity index (χ1v) is 13.8. The number of rotatable bonds is 8. The van der Waals surface area contributed by atoms with Crippen molar-refractivity contribution in [2.75, 3.05) is 6.26 Å². The van der Waals surface area contributed by atoms with Gasteiger partial charge in [0.25, 0.3) is 5.91 Å². The number of hydrogen-bond acceptors (Lipinski definition) is 5. The van der Waals surface area contributed by atoms with Gasteiger partial charge in [0.2, 0.25) is 10.0 Å². The number of aromatic amines is 1. The summed E-state index contributed by atoms with van der Waals surface area (Å²) in [6.45, 7) is 6.41. The first kappa shape index (κ1) is 25.7. The highest BCUT2D eigenvalue weighted by atomic mass is 35.5. The molecule has 1 atom stereocenters. The summed E-state index contributed by atoms with van der Waals surface area (Å²) >= 11 is 6.36. The molecule has 0 aliphatic rings. The highest BCUT2D eigenvalue weighted by Crippen LogP contribution is 2.30. The number of halogens is 1. The van der Waals surface area contributed by atoms with E-state index in [1.54, 1.807) is 12.1 Å². The third-order valence-corrected chi connectivity index (χ3v) is 6.96. The third kappa shape index (κ3) is 5.71. The summed E-state index contributed by atoms with van der Waals surface area (Å²) in [5.74, 6) is 0.915. The van der Waals surface area contributed by atoms with E-state index < -0.39 is 15.9 Å². The van der Waals surface area contributed by atoms with E-state index in [9.17, 15) is 13.2 Å². The van der Waals surface area contributed by atoms with Gasteiger partial charge in [-0.05, 0) is 61.2 Å². The number of aromatic nitrogens is 2. The van der Waals surface area contributed by atoms with Crippen LogP contribution >= 0.6 is 11.6 Å². The first-order chi connectivity index (χ1) is 17.1. The van der Waals surface area contributed by atoms with Crippen molar-refractivity contribution in [1.29, 1.82) is 0 Å². The van der Waals surface area contributed by atoms with Crippen molar-refractivity contribution in [2.24, 2.45) is 0 Å². The van der Waals surface area contributed by atoms with E-state index in [-0.39, 0.29) is 23.1 Å². The van der Waals surface area contributed by atoms with Gasteiger partial charge in [-0.15, -0.1) is 0 Å². The Morgan fingerprint density at radius 3 is 2.53 bits per heavy atom. The topological polar surface area (TPSA) is 101 Å². The summed E-state index contributed by atoms with van der Waals surface area (Å²) < 4.78 is 30.6. The molecule has 0 saturated carbocycles. The number of carbonyl (C=O) groups excluding carboxylic acids is 1. The Morgan fingerprint density at radius 1 is 1.14 bits per heavy atom. The molecular formula is C27H28ClN3O4S. The number of carbonyl (C=O) groups is 1. The lowest BCUT2D eigenvalue weighted by Crippen LogP contribution is -2.29. The normalized spacial score (nSPS) is 12.5. The zero-order chi connectivity index (χ0) is 26.0. The molecule has 4 rings (SSSR count). The number of ether oxygens (including phenoxy) is 1. The fourth-order valence-corrected chi connectivity index (χ4v) is 5.00. The van der Waals surface area contributed by atoms with Gasteiger partial charge >= 0.3 is 0 Å². The van der Waals surface area contributed by atoms with Gasteiger partial charge < -0.3 is 9.72 Å². The largest absolute Gasteiger partial charge is 0.489 e. The van der Waals surface area contributed by atoms with Crippen LogP contribution in [-0.2, 0) is 16.6 Å². The molecule has 1 aromatic heterocycles. The standard InChI is InChI=1S/C27H28ClN3O4S/c1-5-21(26-29-23-14-16(2)13-17(3)25(23)30-26)18-9-11-20(12-10-18)35-15-19-7-6-8-22(24(19)28)27(32)31-36(4,33)34/h6-14,21H,5,15H2,1-4H3,(H,29,30)(H,31,32). The Balaban J connectivity index is 1.49. The number of hydrogen-bond donors (Lipinski definition) is 2. The van der Waals surface area contributed by atoms with Crippen LogP contribution in [0, 0.1) is 13.8 Å². The van der Waals surface area contributed by atoms with E-state index >= 15 is 0 Å². The Hall–Kier alpha value is -3.36. The van der Waals surface area contributed by atoms with Crippen LogP contribution in [0.2, 0.25) is 5.02 Å². The number of fused-ring (bicyclic) bond motifs is 1. The van der Waals surface area contributed by atoms with Crippen LogP contribution in [0.4, 0.5) is 0 Å². The number of imidazole rings is 1. The fourth-order valence-electron chi connectivity index (χ4n) is 4.29. The average molecular weight is 526 g/mol. The molecule has 0 saturated heterocycles. The zero-order valence-corrected chi connectivity index (χ0v) is 22.1. The number of aryl methyl sites for hydroxylation is 2.